The van der Waals surface area contributed by atoms with Gasteiger partial charge in [0.25, 0.3) is 0 Å². The van der Waals surface area contributed by atoms with Gasteiger partial charge in [0.15, 0.2) is 9.84 Å². The van der Waals surface area contributed by atoms with E-state index in [0.29, 0.717) is 4.90 Å². The lowest BCUT2D eigenvalue weighted by Gasteiger charge is -2.19. The molecule has 5 heteroatoms. The van der Waals surface area contributed by atoms with Crippen molar-refractivity contribution in [2.75, 3.05) is 6.61 Å². The van der Waals surface area contributed by atoms with E-state index in [0.717, 1.165) is 31.2 Å². The molecule has 2 rings (SSSR count). The van der Waals surface area contributed by atoms with Crippen LogP contribution in [0.2, 0.25) is 0 Å². The summed E-state index contributed by atoms with van der Waals surface area (Å²) in [5.41, 5.74) is 1.03. The minimum atomic E-state index is -3.17. The van der Waals surface area contributed by atoms with Crippen LogP contribution in [0.4, 0.5) is 0 Å². The van der Waals surface area contributed by atoms with E-state index >= 15 is 0 Å². The number of rotatable bonds is 6. The Labute approximate surface area is 127 Å². The molecule has 1 aromatic carbocycles. The summed E-state index contributed by atoms with van der Waals surface area (Å²) in [7, 11) is -3.17. The highest BCUT2D eigenvalue weighted by Crippen LogP contribution is 2.30. The van der Waals surface area contributed by atoms with E-state index in [9.17, 15) is 8.42 Å². The minimum absolute atomic E-state index is 0.0156. The number of hydrogen-bond acceptors (Lipinski definition) is 4. The van der Waals surface area contributed by atoms with Crippen LogP contribution >= 0.6 is 0 Å². The van der Waals surface area contributed by atoms with Crippen LogP contribution in [-0.4, -0.2) is 31.4 Å². The fraction of sp³-hybridized carbons (Fsp3) is 0.625. The van der Waals surface area contributed by atoms with E-state index in [1.807, 2.05) is 26.0 Å². The van der Waals surface area contributed by atoms with Gasteiger partial charge in [-0.1, -0.05) is 25.0 Å². The third kappa shape index (κ3) is 3.84. The van der Waals surface area contributed by atoms with Crippen molar-refractivity contribution in [1.82, 2.24) is 5.32 Å². The van der Waals surface area contributed by atoms with Gasteiger partial charge in [-0.2, -0.15) is 0 Å². The predicted molar refractivity (Wildman–Crippen MR) is 84.0 cm³/mol. The quantitative estimate of drug-likeness (QED) is 0.847. The lowest BCUT2D eigenvalue weighted by molar-refractivity contribution is 0.243. The van der Waals surface area contributed by atoms with E-state index in [4.69, 9.17) is 5.11 Å². The summed E-state index contributed by atoms with van der Waals surface area (Å²) in [4.78, 5) is 0.431. The molecule has 0 aromatic heterocycles. The highest BCUT2D eigenvalue weighted by molar-refractivity contribution is 7.92. The molecule has 0 heterocycles. The topological polar surface area (TPSA) is 66.4 Å². The fourth-order valence-corrected chi connectivity index (χ4v) is 4.77. The van der Waals surface area contributed by atoms with Crippen molar-refractivity contribution >= 4 is 9.84 Å². The van der Waals surface area contributed by atoms with E-state index in [1.165, 1.54) is 0 Å². The second-order valence-electron chi connectivity index (χ2n) is 5.99. The Morgan fingerprint density at radius 1 is 1.19 bits per heavy atom. The number of hydrogen-bond donors (Lipinski definition) is 2. The van der Waals surface area contributed by atoms with Crippen molar-refractivity contribution in [3.8, 4) is 0 Å². The van der Waals surface area contributed by atoms with Gasteiger partial charge in [-0.25, -0.2) is 8.42 Å². The number of aliphatic hydroxyl groups is 1. The van der Waals surface area contributed by atoms with Crippen LogP contribution < -0.4 is 5.32 Å². The molecule has 2 atom stereocenters. The van der Waals surface area contributed by atoms with Crippen LogP contribution in [0.25, 0.3) is 0 Å². The maximum atomic E-state index is 12.5. The van der Waals surface area contributed by atoms with Crippen LogP contribution in [0.15, 0.2) is 29.2 Å². The third-order valence-electron chi connectivity index (χ3n) is 4.26. The summed E-state index contributed by atoms with van der Waals surface area (Å²) >= 11 is 0. The van der Waals surface area contributed by atoms with Crippen LogP contribution in [0.5, 0.6) is 0 Å². The summed E-state index contributed by atoms with van der Waals surface area (Å²) in [5, 5.41) is 12.1. The molecular formula is C16H25NO3S. The molecule has 118 valence electrons. The van der Waals surface area contributed by atoms with Crippen molar-refractivity contribution in [2.24, 2.45) is 0 Å². The molecule has 1 saturated carbocycles. The number of benzene rings is 1. The standard InChI is InChI=1S/C16H25NO3S/c1-12(11-18)17-13(2)14-7-9-16(10-8-14)21(19,20)15-5-3-4-6-15/h7-10,12-13,15,17-18H,3-6,11H2,1-2H3/t12-,13?/m1/s1. The van der Waals surface area contributed by atoms with Crippen LogP contribution in [0.3, 0.4) is 0 Å². The summed E-state index contributed by atoms with van der Waals surface area (Å²) in [6.45, 7) is 4.00. The second kappa shape index (κ2) is 6.90. The SMILES string of the molecule is CC(N[C@H](C)CO)c1ccc(S(=O)(=O)C2CCCC2)cc1. The summed E-state index contributed by atoms with van der Waals surface area (Å²) in [5.74, 6) is 0. The smallest absolute Gasteiger partial charge is 0.181 e. The highest BCUT2D eigenvalue weighted by atomic mass is 32.2. The molecule has 2 N–H and O–H groups in total. The monoisotopic (exact) mass is 311 g/mol. The predicted octanol–water partition coefficient (Wildman–Crippen LogP) is 2.43. The van der Waals surface area contributed by atoms with Crippen LogP contribution in [-0.2, 0) is 9.84 Å². The lowest BCUT2D eigenvalue weighted by atomic mass is 10.1. The van der Waals surface area contributed by atoms with E-state index in [2.05, 4.69) is 5.32 Å². The zero-order chi connectivity index (χ0) is 15.5. The maximum Gasteiger partial charge on any atom is 0.181 e. The van der Waals surface area contributed by atoms with Crippen LogP contribution in [0.1, 0.15) is 51.1 Å². The van der Waals surface area contributed by atoms with Gasteiger partial charge in [0.2, 0.25) is 0 Å². The van der Waals surface area contributed by atoms with E-state index in [-0.39, 0.29) is 23.9 Å². The molecule has 0 radical (unpaired) electrons. The summed E-state index contributed by atoms with van der Waals surface area (Å²) in [6.07, 6.45) is 3.61. The largest absolute Gasteiger partial charge is 0.395 e. The Hall–Kier alpha value is -0.910. The minimum Gasteiger partial charge on any atom is -0.395 e. The van der Waals surface area contributed by atoms with Gasteiger partial charge in [0.05, 0.1) is 16.8 Å². The number of sulfone groups is 1. The van der Waals surface area contributed by atoms with Gasteiger partial charge in [-0.05, 0) is 44.4 Å². The maximum absolute atomic E-state index is 12.5. The lowest BCUT2D eigenvalue weighted by Crippen LogP contribution is -2.31. The average Bonchev–Trinajstić information content (AvgIpc) is 3.02. The van der Waals surface area contributed by atoms with Gasteiger partial charge < -0.3 is 10.4 Å². The zero-order valence-electron chi connectivity index (χ0n) is 12.7. The molecule has 0 spiro atoms. The van der Waals surface area contributed by atoms with Crippen molar-refractivity contribution in [3.63, 3.8) is 0 Å². The molecular weight excluding hydrogens is 286 g/mol. The van der Waals surface area contributed by atoms with Gasteiger partial charge in [0.1, 0.15) is 0 Å². The number of nitrogens with one attached hydrogen (secondary N) is 1. The molecule has 0 bridgehead atoms. The zero-order valence-corrected chi connectivity index (χ0v) is 13.6. The van der Waals surface area contributed by atoms with Crippen molar-refractivity contribution in [3.05, 3.63) is 29.8 Å². The fourth-order valence-electron chi connectivity index (χ4n) is 2.91. The Bertz CT molecular complexity index is 547. The van der Waals surface area contributed by atoms with E-state index in [1.54, 1.807) is 12.1 Å². The van der Waals surface area contributed by atoms with Crippen molar-refractivity contribution in [1.29, 1.82) is 0 Å². The summed E-state index contributed by atoms with van der Waals surface area (Å²) in [6, 6.07) is 7.25. The normalized spacial score (nSPS) is 19.6. The molecule has 0 aliphatic heterocycles. The Balaban J connectivity index is 2.11. The van der Waals surface area contributed by atoms with Gasteiger partial charge in [0, 0.05) is 12.1 Å². The van der Waals surface area contributed by atoms with Gasteiger partial charge in [-0.15, -0.1) is 0 Å². The molecule has 1 fully saturated rings. The third-order valence-corrected chi connectivity index (χ3v) is 6.54. The number of aliphatic hydroxyl groups excluding tert-OH is 1. The molecule has 21 heavy (non-hydrogen) atoms. The molecule has 1 aliphatic rings. The van der Waals surface area contributed by atoms with Crippen molar-refractivity contribution in [2.45, 2.75) is 61.8 Å². The molecule has 1 aromatic rings. The molecule has 1 aliphatic carbocycles. The first kappa shape index (κ1) is 16.5. The van der Waals surface area contributed by atoms with Crippen molar-refractivity contribution < 1.29 is 13.5 Å². The van der Waals surface area contributed by atoms with Crippen LogP contribution in [0, 0.1) is 0 Å². The molecule has 1 unspecified atom stereocenters. The molecule has 4 nitrogen and oxygen atoms in total. The molecule has 0 saturated heterocycles. The second-order valence-corrected chi connectivity index (χ2v) is 8.22. The summed E-state index contributed by atoms with van der Waals surface area (Å²) < 4.78 is 25.0. The van der Waals surface area contributed by atoms with Gasteiger partial charge in [-0.3, -0.25) is 0 Å². The molecule has 0 amide bonds. The first-order chi connectivity index (χ1) is 9.95. The first-order valence-electron chi connectivity index (χ1n) is 7.66. The Morgan fingerprint density at radius 2 is 1.76 bits per heavy atom. The Kier molecular flexibility index (Phi) is 5.41. The Morgan fingerprint density at radius 3 is 2.29 bits per heavy atom. The first-order valence-corrected chi connectivity index (χ1v) is 9.20. The average molecular weight is 311 g/mol. The van der Waals surface area contributed by atoms with Gasteiger partial charge >= 0.3 is 0 Å². The van der Waals surface area contributed by atoms with E-state index < -0.39 is 9.84 Å². The highest BCUT2D eigenvalue weighted by Gasteiger charge is 2.30.